The van der Waals surface area contributed by atoms with Crippen LogP contribution in [0.15, 0.2) is 54.6 Å². The summed E-state index contributed by atoms with van der Waals surface area (Å²) in [5, 5.41) is 0.756. The zero-order valence-electron chi connectivity index (χ0n) is 16.8. The van der Waals surface area contributed by atoms with Gasteiger partial charge in [-0.25, -0.2) is 9.37 Å². The van der Waals surface area contributed by atoms with Crippen LogP contribution >= 0.6 is 0 Å². The van der Waals surface area contributed by atoms with Gasteiger partial charge in [-0.1, -0.05) is 18.2 Å². The number of ether oxygens (including phenoxy) is 1. The van der Waals surface area contributed by atoms with E-state index in [1.165, 1.54) is 12.1 Å². The maximum Gasteiger partial charge on any atom is 0.310 e. The van der Waals surface area contributed by atoms with Crippen LogP contribution in [0.1, 0.15) is 30.1 Å². The number of hydrogen-bond donors (Lipinski definition) is 0. The minimum atomic E-state index is -0.325. The van der Waals surface area contributed by atoms with E-state index in [1.54, 1.807) is 30.0 Å². The molecule has 154 valence electrons. The summed E-state index contributed by atoms with van der Waals surface area (Å²) in [5.41, 5.74) is 2.57. The van der Waals surface area contributed by atoms with Crippen LogP contribution in [0.3, 0.4) is 0 Å². The summed E-state index contributed by atoms with van der Waals surface area (Å²) in [4.78, 5) is 32.0. The minimum Gasteiger partial charge on any atom is -0.466 e. The molecule has 0 aliphatic carbocycles. The van der Waals surface area contributed by atoms with Crippen molar-refractivity contribution in [3.63, 3.8) is 0 Å². The van der Waals surface area contributed by atoms with Gasteiger partial charge in [0.2, 0.25) is 0 Å². The SMILES string of the molecule is CCOC(=O)[C@H]1CCCN(C(=O)c2cc(-c3ccc(F)cc3)nc3ccccc23)C1. The van der Waals surface area contributed by atoms with Crippen LogP contribution in [0, 0.1) is 11.7 Å². The van der Waals surface area contributed by atoms with Crippen molar-refractivity contribution in [2.24, 2.45) is 5.92 Å². The lowest BCUT2D eigenvalue weighted by Crippen LogP contribution is -2.42. The Hall–Kier alpha value is -3.28. The Kier molecular flexibility index (Phi) is 5.74. The van der Waals surface area contributed by atoms with Gasteiger partial charge in [0, 0.05) is 24.0 Å². The molecule has 1 aromatic heterocycles. The largest absolute Gasteiger partial charge is 0.466 e. The molecule has 6 heteroatoms. The summed E-state index contributed by atoms with van der Waals surface area (Å²) in [6.07, 6.45) is 1.48. The van der Waals surface area contributed by atoms with Gasteiger partial charge in [-0.2, -0.15) is 0 Å². The van der Waals surface area contributed by atoms with E-state index in [-0.39, 0.29) is 23.6 Å². The summed E-state index contributed by atoms with van der Waals surface area (Å²) >= 11 is 0. The molecule has 1 saturated heterocycles. The number of para-hydroxylation sites is 1. The molecule has 1 fully saturated rings. The van der Waals surface area contributed by atoms with Crippen LogP contribution in [0.5, 0.6) is 0 Å². The van der Waals surface area contributed by atoms with Crippen molar-refractivity contribution < 1.29 is 18.7 Å². The highest BCUT2D eigenvalue weighted by molar-refractivity contribution is 6.07. The zero-order valence-corrected chi connectivity index (χ0v) is 16.8. The first-order valence-electron chi connectivity index (χ1n) is 10.2. The Labute approximate surface area is 174 Å². The summed E-state index contributed by atoms with van der Waals surface area (Å²) in [6, 6.07) is 15.3. The fourth-order valence-corrected chi connectivity index (χ4v) is 3.91. The molecule has 1 amide bonds. The maximum atomic E-state index is 13.5. The molecule has 0 bridgehead atoms. The van der Waals surface area contributed by atoms with Crippen LogP contribution < -0.4 is 0 Å². The number of piperidine rings is 1. The monoisotopic (exact) mass is 406 g/mol. The maximum absolute atomic E-state index is 13.5. The van der Waals surface area contributed by atoms with Gasteiger partial charge < -0.3 is 9.64 Å². The van der Waals surface area contributed by atoms with E-state index in [1.807, 2.05) is 24.3 Å². The number of aromatic nitrogens is 1. The lowest BCUT2D eigenvalue weighted by atomic mass is 9.96. The van der Waals surface area contributed by atoms with Gasteiger partial charge in [-0.05, 0) is 56.2 Å². The van der Waals surface area contributed by atoms with E-state index in [9.17, 15) is 14.0 Å². The first kappa shape index (κ1) is 20.0. The molecule has 5 nitrogen and oxygen atoms in total. The highest BCUT2D eigenvalue weighted by Crippen LogP contribution is 2.28. The number of likely N-dealkylation sites (tertiary alicyclic amines) is 1. The van der Waals surface area contributed by atoms with Crippen molar-refractivity contribution in [1.29, 1.82) is 0 Å². The summed E-state index contributed by atoms with van der Waals surface area (Å²) in [5.74, 6) is -1.01. The molecule has 0 N–H and O–H groups in total. The Morgan fingerprint density at radius 3 is 2.70 bits per heavy atom. The first-order valence-corrected chi connectivity index (χ1v) is 10.2. The third-order valence-corrected chi connectivity index (χ3v) is 5.42. The number of hydrogen-bond acceptors (Lipinski definition) is 4. The van der Waals surface area contributed by atoms with Crippen molar-refractivity contribution in [1.82, 2.24) is 9.88 Å². The number of benzene rings is 2. The number of nitrogens with zero attached hydrogens (tertiary/aromatic N) is 2. The quantitative estimate of drug-likeness (QED) is 0.601. The third-order valence-electron chi connectivity index (χ3n) is 5.42. The van der Waals surface area contributed by atoms with Crippen LogP contribution in [-0.2, 0) is 9.53 Å². The van der Waals surface area contributed by atoms with Gasteiger partial charge in [0.05, 0.1) is 29.3 Å². The number of rotatable bonds is 4. The Balaban J connectivity index is 1.71. The smallest absolute Gasteiger partial charge is 0.310 e. The van der Waals surface area contributed by atoms with Crippen molar-refractivity contribution >= 4 is 22.8 Å². The molecule has 2 aromatic carbocycles. The van der Waals surface area contributed by atoms with Gasteiger partial charge in [0.1, 0.15) is 5.82 Å². The van der Waals surface area contributed by atoms with Gasteiger partial charge in [0.15, 0.2) is 0 Å². The second kappa shape index (κ2) is 8.61. The topological polar surface area (TPSA) is 59.5 Å². The van der Waals surface area contributed by atoms with Crippen molar-refractivity contribution in [3.05, 3.63) is 66.0 Å². The molecule has 1 atom stereocenters. The van der Waals surface area contributed by atoms with E-state index >= 15 is 0 Å². The number of halogens is 1. The molecule has 0 radical (unpaired) electrons. The molecule has 0 saturated carbocycles. The standard InChI is InChI=1S/C24H23FN2O3/c1-2-30-24(29)17-6-5-13-27(15-17)23(28)20-14-22(16-9-11-18(25)12-10-16)26-21-8-4-3-7-19(20)21/h3-4,7-12,14,17H,2,5-6,13,15H2,1H3/t17-/m0/s1. The van der Waals surface area contributed by atoms with Gasteiger partial charge >= 0.3 is 5.97 Å². The molecule has 30 heavy (non-hydrogen) atoms. The Bertz CT molecular complexity index is 1080. The molecule has 0 spiro atoms. The van der Waals surface area contributed by atoms with E-state index in [0.717, 1.165) is 23.8 Å². The fourth-order valence-electron chi connectivity index (χ4n) is 3.91. The molecule has 2 heterocycles. The lowest BCUT2D eigenvalue weighted by molar-refractivity contribution is -0.149. The second-order valence-corrected chi connectivity index (χ2v) is 7.42. The highest BCUT2D eigenvalue weighted by Gasteiger charge is 2.30. The van der Waals surface area contributed by atoms with Crippen molar-refractivity contribution in [2.75, 3.05) is 19.7 Å². The molecular formula is C24H23FN2O3. The molecule has 4 rings (SSSR count). The molecular weight excluding hydrogens is 383 g/mol. The zero-order chi connectivity index (χ0) is 21.1. The van der Waals surface area contributed by atoms with Gasteiger partial charge in [-0.15, -0.1) is 0 Å². The van der Waals surface area contributed by atoms with Crippen molar-refractivity contribution in [3.8, 4) is 11.3 Å². The van der Waals surface area contributed by atoms with E-state index in [4.69, 9.17) is 4.74 Å². The van der Waals surface area contributed by atoms with Gasteiger partial charge in [0.25, 0.3) is 5.91 Å². The predicted molar refractivity (Wildman–Crippen MR) is 112 cm³/mol. The van der Waals surface area contributed by atoms with E-state index < -0.39 is 0 Å². The average Bonchev–Trinajstić information content (AvgIpc) is 2.78. The number of carbonyl (C=O) groups excluding carboxylic acids is 2. The second-order valence-electron chi connectivity index (χ2n) is 7.42. The molecule has 3 aromatic rings. The lowest BCUT2D eigenvalue weighted by Gasteiger charge is -2.32. The third kappa shape index (κ3) is 4.03. The average molecular weight is 406 g/mol. The predicted octanol–water partition coefficient (Wildman–Crippen LogP) is 4.46. The van der Waals surface area contributed by atoms with E-state index in [0.29, 0.717) is 36.5 Å². The Morgan fingerprint density at radius 2 is 1.93 bits per heavy atom. The van der Waals surface area contributed by atoms with Crippen molar-refractivity contribution in [2.45, 2.75) is 19.8 Å². The molecule has 1 aliphatic rings. The number of pyridine rings is 1. The molecule has 0 unspecified atom stereocenters. The fraction of sp³-hybridized carbons (Fsp3) is 0.292. The summed E-state index contributed by atoms with van der Waals surface area (Å²) in [7, 11) is 0. The van der Waals surface area contributed by atoms with Crippen LogP contribution in [0.25, 0.3) is 22.2 Å². The minimum absolute atomic E-state index is 0.133. The van der Waals surface area contributed by atoms with Crippen LogP contribution in [0.2, 0.25) is 0 Å². The first-order chi connectivity index (χ1) is 14.6. The summed E-state index contributed by atoms with van der Waals surface area (Å²) in [6.45, 7) is 3.06. The number of esters is 1. The number of amides is 1. The van der Waals surface area contributed by atoms with E-state index in [2.05, 4.69) is 4.98 Å². The van der Waals surface area contributed by atoms with Crippen LogP contribution in [-0.4, -0.2) is 41.5 Å². The summed E-state index contributed by atoms with van der Waals surface area (Å²) < 4.78 is 18.5. The number of fused-ring (bicyclic) bond motifs is 1. The van der Waals surface area contributed by atoms with Crippen LogP contribution in [0.4, 0.5) is 4.39 Å². The molecule has 1 aliphatic heterocycles. The van der Waals surface area contributed by atoms with Gasteiger partial charge in [-0.3, -0.25) is 9.59 Å². The highest BCUT2D eigenvalue weighted by atomic mass is 19.1. The normalized spacial score (nSPS) is 16.5. The Morgan fingerprint density at radius 1 is 1.17 bits per heavy atom. The number of carbonyl (C=O) groups is 2.